The first kappa shape index (κ1) is 13.3. The molecule has 0 heterocycles. The minimum absolute atomic E-state index is 0.118. The number of carbonyl (C=O) groups is 1. The van der Waals surface area contributed by atoms with Gasteiger partial charge >= 0.3 is 0 Å². The van der Waals surface area contributed by atoms with Crippen LogP contribution in [0.5, 0.6) is 11.5 Å². The van der Waals surface area contributed by atoms with Crippen LogP contribution < -0.4 is 5.32 Å². The van der Waals surface area contributed by atoms with Gasteiger partial charge in [-0.25, -0.2) is 0 Å². The Labute approximate surface area is 104 Å². The van der Waals surface area contributed by atoms with E-state index in [0.29, 0.717) is 0 Å². The maximum atomic E-state index is 11.7. The number of aromatic hydroxyl groups is 2. The average molecular weight is 245 g/mol. The van der Waals surface area contributed by atoms with Gasteiger partial charge in [0.25, 0.3) is 5.91 Å². The summed E-state index contributed by atoms with van der Waals surface area (Å²) in [7, 11) is 0. The third kappa shape index (κ3) is 3.13. The Bertz CT molecular complexity index is 528. The predicted octanol–water partition coefficient (Wildman–Crippen LogP) is 1.02. The standard InChI is InChI=1S/C12H11N3O3/c13-6-2-3-8(7-14)15-12(18)9-4-1-5-10(16)11(9)17/h1,4-5,8,16-17H,2-3H2,(H,15,18)/t8-/m0/s1. The van der Waals surface area contributed by atoms with Crippen molar-refractivity contribution < 1.29 is 15.0 Å². The molecule has 0 spiro atoms. The molecule has 0 aromatic heterocycles. The summed E-state index contributed by atoms with van der Waals surface area (Å²) in [5, 5.41) is 38.3. The maximum Gasteiger partial charge on any atom is 0.256 e. The highest BCUT2D eigenvalue weighted by Gasteiger charge is 2.17. The molecule has 1 atom stereocenters. The Morgan fingerprint density at radius 3 is 2.72 bits per heavy atom. The zero-order valence-electron chi connectivity index (χ0n) is 9.42. The van der Waals surface area contributed by atoms with E-state index in [1.54, 1.807) is 0 Å². The first-order valence-corrected chi connectivity index (χ1v) is 5.18. The zero-order chi connectivity index (χ0) is 13.5. The second kappa shape index (κ2) is 6.12. The molecule has 0 saturated heterocycles. The molecule has 0 aliphatic carbocycles. The van der Waals surface area contributed by atoms with Crippen LogP contribution in [0.25, 0.3) is 0 Å². The number of carbonyl (C=O) groups excluding carboxylic acids is 1. The van der Waals surface area contributed by atoms with Gasteiger partial charge in [0, 0.05) is 6.42 Å². The molecular weight excluding hydrogens is 234 g/mol. The van der Waals surface area contributed by atoms with E-state index in [2.05, 4.69) is 5.32 Å². The number of nitriles is 2. The van der Waals surface area contributed by atoms with E-state index >= 15 is 0 Å². The first-order chi connectivity index (χ1) is 8.60. The second-order valence-electron chi connectivity index (χ2n) is 3.53. The summed E-state index contributed by atoms with van der Waals surface area (Å²) in [4.78, 5) is 11.7. The van der Waals surface area contributed by atoms with Crippen LogP contribution in [0.4, 0.5) is 0 Å². The molecule has 6 nitrogen and oxygen atoms in total. The summed E-state index contributed by atoms with van der Waals surface area (Å²) in [5.41, 5.74) is -0.118. The molecule has 0 unspecified atom stereocenters. The number of nitrogens with one attached hydrogen (secondary N) is 1. The smallest absolute Gasteiger partial charge is 0.256 e. The van der Waals surface area contributed by atoms with Crippen LogP contribution >= 0.6 is 0 Å². The minimum atomic E-state index is -0.807. The van der Waals surface area contributed by atoms with Crippen molar-refractivity contribution in [3.8, 4) is 23.6 Å². The molecule has 0 bridgehead atoms. The van der Waals surface area contributed by atoms with Crippen LogP contribution in [0.2, 0.25) is 0 Å². The lowest BCUT2D eigenvalue weighted by molar-refractivity contribution is 0.0941. The first-order valence-electron chi connectivity index (χ1n) is 5.18. The molecule has 6 heteroatoms. The van der Waals surface area contributed by atoms with E-state index < -0.39 is 23.4 Å². The minimum Gasteiger partial charge on any atom is -0.504 e. The van der Waals surface area contributed by atoms with Crippen molar-refractivity contribution >= 4 is 5.91 Å². The number of para-hydroxylation sites is 1. The molecule has 1 amide bonds. The Kier molecular flexibility index (Phi) is 4.53. The fourth-order valence-electron chi connectivity index (χ4n) is 1.33. The van der Waals surface area contributed by atoms with Gasteiger partial charge in [0.05, 0.1) is 17.7 Å². The number of hydrogen-bond acceptors (Lipinski definition) is 5. The lowest BCUT2D eigenvalue weighted by Crippen LogP contribution is -2.33. The summed E-state index contributed by atoms with van der Waals surface area (Å²) in [5.74, 6) is -1.62. The number of phenols is 2. The topological polar surface area (TPSA) is 117 Å². The molecule has 1 rings (SSSR count). The van der Waals surface area contributed by atoms with Crippen molar-refractivity contribution in [3.63, 3.8) is 0 Å². The Hall–Kier alpha value is -2.73. The number of phenolic OH excluding ortho intramolecular Hbond substituents is 2. The highest BCUT2D eigenvalue weighted by Crippen LogP contribution is 2.27. The predicted molar refractivity (Wildman–Crippen MR) is 61.5 cm³/mol. The summed E-state index contributed by atoms with van der Waals surface area (Å²) in [6, 6.07) is 6.88. The molecule has 1 aromatic rings. The van der Waals surface area contributed by atoms with Gasteiger partial charge in [-0.3, -0.25) is 4.79 Å². The van der Waals surface area contributed by atoms with Crippen LogP contribution in [-0.2, 0) is 0 Å². The summed E-state index contributed by atoms with van der Waals surface area (Å²) >= 11 is 0. The van der Waals surface area contributed by atoms with Crippen molar-refractivity contribution in [2.75, 3.05) is 0 Å². The molecule has 0 aliphatic heterocycles. The van der Waals surface area contributed by atoms with Gasteiger partial charge < -0.3 is 15.5 Å². The van der Waals surface area contributed by atoms with Crippen LogP contribution in [-0.4, -0.2) is 22.2 Å². The zero-order valence-corrected chi connectivity index (χ0v) is 9.42. The Morgan fingerprint density at radius 1 is 1.39 bits per heavy atom. The lowest BCUT2D eigenvalue weighted by Gasteiger charge is -2.11. The van der Waals surface area contributed by atoms with Crippen molar-refractivity contribution in [2.24, 2.45) is 0 Å². The normalized spacial score (nSPS) is 11.0. The Balaban J connectivity index is 2.79. The van der Waals surface area contributed by atoms with E-state index in [4.69, 9.17) is 10.5 Å². The Morgan fingerprint density at radius 2 is 2.11 bits per heavy atom. The van der Waals surface area contributed by atoms with Gasteiger partial charge in [-0.2, -0.15) is 10.5 Å². The fourth-order valence-corrected chi connectivity index (χ4v) is 1.33. The van der Waals surface area contributed by atoms with Gasteiger partial charge in [-0.05, 0) is 18.6 Å². The number of nitrogens with zero attached hydrogens (tertiary/aromatic N) is 2. The van der Waals surface area contributed by atoms with Crippen molar-refractivity contribution in [1.82, 2.24) is 5.32 Å². The van der Waals surface area contributed by atoms with E-state index in [0.717, 1.165) is 0 Å². The summed E-state index contributed by atoms with van der Waals surface area (Å²) in [6.07, 6.45) is 0.350. The largest absolute Gasteiger partial charge is 0.504 e. The molecule has 0 radical (unpaired) electrons. The molecule has 0 fully saturated rings. The molecule has 1 aromatic carbocycles. The second-order valence-corrected chi connectivity index (χ2v) is 3.53. The number of benzene rings is 1. The molecule has 0 aliphatic rings. The molecule has 18 heavy (non-hydrogen) atoms. The van der Waals surface area contributed by atoms with E-state index in [1.165, 1.54) is 18.2 Å². The number of rotatable bonds is 4. The maximum absolute atomic E-state index is 11.7. The van der Waals surface area contributed by atoms with Crippen LogP contribution in [0, 0.1) is 22.7 Å². The van der Waals surface area contributed by atoms with Gasteiger partial charge in [-0.1, -0.05) is 6.07 Å². The highest BCUT2D eigenvalue weighted by molar-refractivity contribution is 5.97. The third-order valence-electron chi connectivity index (χ3n) is 2.27. The van der Waals surface area contributed by atoms with Crippen molar-refractivity contribution in [3.05, 3.63) is 23.8 Å². The van der Waals surface area contributed by atoms with Gasteiger partial charge in [0.15, 0.2) is 11.5 Å². The SMILES string of the molecule is N#CCC[C@@H](C#N)NC(=O)c1cccc(O)c1O. The van der Waals surface area contributed by atoms with Gasteiger partial charge in [-0.15, -0.1) is 0 Å². The van der Waals surface area contributed by atoms with Gasteiger partial charge in [0.1, 0.15) is 6.04 Å². The van der Waals surface area contributed by atoms with Crippen LogP contribution in [0.3, 0.4) is 0 Å². The lowest BCUT2D eigenvalue weighted by atomic mass is 10.1. The van der Waals surface area contributed by atoms with Crippen molar-refractivity contribution in [2.45, 2.75) is 18.9 Å². The number of hydrogen-bond donors (Lipinski definition) is 3. The van der Waals surface area contributed by atoms with Gasteiger partial charge in [0.2, 0.25) is 0 Å². The van der Waals surface area contributed by atoms with Crippen LogP contribution in [0.1, 0.15) is 23.2 Å². The number of amides is 1. The molecule has 3 N–H and O–H groups in total. The quantitative estimate of drug-likeness (QED) is 0.684. The fraction of sp³-hybridized carbons (Fsp3) is 0.250. The highest BCUT2D eigenvalue weighted by atomic mass is 16.3. The van der Waals surface area contributed by atoms with Crippen LogP contribution in [0.15, 0.2) is 18.2 Å². The third-order valence-corrected chi connectivity index (χ3v) is 2.27. The summed E-state index contributed by atoms with van der Waals surface area (Å²) < 4.78 is 0. The molecule has 92 valence electrons. The average Bonchev–Trinajstić information content (AvgIpc) is 2.37. The van der Waals surface area contributed by atoms with E-state index in [-0.39, 0.29) is 18.4 Å². The van der Waals surface area contributed by atoms with E-state index in [1.807, 2.05) is 12.1 Å². The van der Waals surface area contributed by atoms with Crippen molar-refractivity contribution in [1.29, 1.82) is 10.5 Å². The monoisotopic (exact) mass is 245 g/mol. The summed E-state index contributed by atoms with van der Waals surface area (Å²) in [6.45, 7) is 0. The molecule has 0 saturated carbocycles. The molecular formula is C12H11N3O3. The van der Waals surface area contributed by atoms with E-state index in [9.17, 15) is 15.0 Å².